The molecule has 0 saturated heterocycles. The molecule has 0 saturated carbocycles. The summed E-state index contributed by atoms with van der Waals surface area (Å²) < 4.78 is 17.0. The monoisotopic (exact) mass is 1120 g/mol. The van der Waals surface area contributed by atoms with Crippen LogP contribution in [-0.4, -0.2) is 37.2 Å². The summed E-state index contributed by atoms with van der Waals surface area (Å²) in [7, 11) is 0. The van der Waals surface area contributed by atoms with Crippen LogP contribution in [0.15, 0.2) is 60.8 Å². The lowest BCUT2D eigenvalue weighted by molar-refractivity contribution is -0.167. The van der Waals surface area contributed by atoms with Gasteiger partial charge in [0.25, 0.3) is 0 Å². The van der Waals surface area contributed by atoms with E-state index in [9.17, 15) is 14.4 Å². The van der Waals surface area contributed by atoms with Crippen molar-refractivity contribution in [3.8, 4) is 0 Å². The second kappa shape index (κ2) is 68.6. The second-order valence-electron chi connectivity index (χ2n) is 23.8. The highest BCUT2D eigenvalue weighted by atomic mass is 16.6. The molecule has 0 radical (unpaired) electrons. The fraction of sp³-hybridized carbons (Fsp3) is 0.824. The maximum absolute atomic E-state index is 13.0. The predicted molar refractivity (Wildman–Crippen MR) is 348 cm³/mol. The highest BCUT2D eigenvalue weighted by Crippen LogP contribution is 2.18. The van der Waals surface area contributed by atoms with Crippen molar-refractivity contribution in [2.45, 2.75) is 380 Å². The summed E-state index contributed by atoms with van der Waals surface area (Å²) >= 11 is 0. The predicted octanol–water partition coefficient (Wildman–Crippen LogP) is 24.3. The molecule has 1 atom stereocenters. The first kappa shape index (κ1) is 77.1. The number of esters is 3. The Bertz CT molecular complexity index is 1430. The minimum atomic E-state index is -0.785. The zero-order valence-electron chi connectivity index (χ0n) is 53.6. The van der Waals surface area contributed by atoms with Gasteiger partial charge in [-0.2, -0.15) is 0 Å². The van der Waals surface area contributed by atoms with Crippen molar-refractivity contribution in [3.63, 3.8) is 0 Å². The summed E-state index contributed by atoms with van der Waals surface area (Å²) in [6, 6.07) is 0. The van der Waals surface area contributed by atoms with Gasteiger partial charge in [0.1, 0.15) is 13.2 Å². The normalized spacial score (nSPS) is 12.4. The smallest absolute Gasteiger partial charge is 0.306 e. The minimum Gasteiger partial charge on any atom is -0.462 e. The van der Waals surface area contributed by atoms with Crippen LogP contribution in [0.25, 0.3) is 0 Å². The fourth-order valence-electron chi connectivity index (χ4n) is 10.4. The summed E-state index contributed by atoms with van der Waals surface area (Å²) in [4.78, 5) is 38.5. The lowest BCUT2D eigenvalue weighted by atomic mass is 10.0. The molecule has 0 rings (SSSR count). The van der Waals surface area contributed by atoms with Crippen LogP contribution < -0.4 is 0 Å². The number of rotatable bonds is 65. The van der Waals surface area contributed by atoms with Gasteiger partial charge in [0.2, 0.25) is 0 Å². The van der Waals surface area contributed by atoms with Crippen molar-refractivity contribution in [2.75, 3.05) is 13.2 Å². The van der Waals surface area contributed by atoms with Crippen LogP contribution in [0, 0.1) is 0 Å². The summed E-state index contributed by atoms with van der Waals surface area (Å²) in [5.74, 6) is -0.876. The van der Waals surface area contributed by atoms with Gasteiger partial charge in [0.05, 0.1) is 0 Å². The molecule has 0 bridgehead atoms. The highest BCUT2D eigenvalue weighted by Gasteiger charge is 2.19. The molecule has 0 aromatic carbocycles. The van der Waals surface area contributed by atoms with E-state index in [2.05, 4.69) is 81.5 Å². The Morgan fingerprint density at radius 1 is 0.250 bits per heavy atom. The molecule has 0 aromatic rings. The molecule has 0 N–H and O–H groups in total. The molecule has 466 valence electrons. The van der Waals surface area contributed by atoms with Gasteiger partial charge in [-0.1, -0.05) is 326 Å². The summed E-state index contributed by atoms with van der Waals surface area (Å²) in [6.45, 7) is 6.66. The standard InChI is InChI=1S/C74H134O6/c1-4-7-10-13-16-19-22-25-28-31-34-36-37-39-40-43-46-49-52-55-58-61-64-67-73(76)79-70-71(69-78-72(75)66-63-60-57-54-51-48-45-42-33-30-27-24-21-18-15-12-9-6-3)80-74(77)68-65-62-59-56-53-50-47-44-41-38-35-32-29-26-23-20-17-14-11-8-5-2/h21,23-24,26,30,32-33,35,41,44,71H,4-20,22,25,27-29,31,34,36-40,42-43,45-70H2,1-3H3/b24-21-,26-23-,33-30-,35-32-,44-41-. The van der Waals surface area contributed by atoms with Crippen LogP contribution in [0.3, 0.4) is 0 Å². The van der Waals surface area contributed by atoms with Crippen molar-refractivity contribution in [1.29, 1.82) is 0 Å². The van der Waals surface area contributed by atoms with Gasteiger partial charge in [-0.25, -0.2) is 0 Å². The lowest BCUT2D eigenvalue weighted by Gasteiger charge is -2.18. The second-order valence-corrected chi connectivity index (χ2v) is 23.8. The highest BCUT2D eigenvalue weighted by molar-refractivity contribution is 5.71. The van der Waals surface area contributed by atoms with E-state index in [1.807, 2.05) is 0 Å². The van der Waals surface area contributed by atoms with E-state index in [-0.39, 0.29) is 31.1 Å². The van der Waals surface area contributed by atoms with Gasteiger partial charge in [0, 0.05) is 19.3 Å². The topological polar surface area (TPSA) is 78.9 Å². The van der Waals surface area contributed by atoms with E-state index in [1.54, 1.807) is 0 Å². The Labute approximate surface area is 498 Å². The maximum Gasteiger partial charge on any atom is 0.306 e. The van der Waals surface area contributed by atoms with Crippen LogP contribution in [0.4, 0.5) is 0 Å². The molecule has 1 unspecified atom stereocenters. The Morgan fingerprint density at radius 3 is 0.713 bits per heavy atom. The third kappa shape index (κ3) is 65.9. The van der Waals surface area contributed by atoms with Crippen molar-refractivity contribution < 1.29 is 28.6 Å². The molecule has 0 aliphatic carbocycles. The van der Waals surface area contributed by atoms with Crippen molar-refractivity contribution in [2.24, 2.45) is 0 Å². The van der Waals surface area contributed by atoms with Gasteiger partial charge in [-0.05, 0) is 89.9 Å². The maximum atomic E-state index is 13.0. The van der Waals surface area contributed by atoms with Crippen molar-refractivity contribution >= 4 is 17.9 Å². The number of carbonyl (C=O) groups is 3. The Morgan fingerprint density at radius 2 is 0.450 bits per heavy atom. The molecular formula is C74H134O6. The first-order valence-corrected chi connectivity index (χ1v) is 35.3. The average molecular weight is 1120 g/mol. The molecule has 0 aliphatic heterocycles. The number of allylic oxidation sites excluding steroid dienone is 10. The van der Waals surface area contributed by atoms with E-state index in [1.165, 1.54) is 238 Å². The molecule has 80 heavy (non-hydrogen) atoms. The Balaban J connectivity index is 4.36. The minimum absolute atomic E-state index is 0.0787. The summed E-state index contributed by atoms with van der Waals surface area (Å²) in [5.41, 5.74) is 0. The van der Waals surface area contributed by atoms with E-state index in [0.29, 0.717) is 19.3 Å². The SMILES string of the molecule is CCCCCC/C=C\C/C=C\CCCCCCCCCC(=O)OCC(COC(=O)CCCCCCCCCCCCCCCCCCCCCCCCC)OC(=O)CCCCCCCC/C=C\C/C=C\C/C=C\CCCCCCC. The first-order chi connectivity index (χ1) is 39.5. The van der Waals surface area contributed by atoms with Gasteiger partial charge >= 0.3 is 17.9 Å². The van der Waals surface area contributed by atoms with E-state index in [0.717, 1.165) is 96.3 Å². The van der Waals surface area contributed by atoms with Crippen LogP contribution >= 0.6 is 0 Å². The van der Waals surface area contributed by atoms with Gasteiger partial charge in [-0.3, -0.25) is 14.4 Å². The van der Waals surface area contributed by atoms with Gasteiger partial charge < -0.3 is 14.2 Å². The zero-order valence-corrected chi connectivity index (χ0v) is 53.6. The first-order valence-electron chi connectivity index (χ1n) is 35.3. The third-order valence-electron chi connectivity index (χ3n) is 15.7. The lowest BCUT2D eigenvalue weighted by Crippen LogP contribution is -2.30. The average Bonchev–Trinajstić information content (AvgIpc) is 3.46. The quantitative estimate of drug-likeness (QED) is 0.0261. The van der Waals surface area contributed by atoms with Crippen LogP contribution in [0.1, 0.15) is 374 Å². The number of hydrogen-bond acceptors (Lipinski definition) is 6. The Hall–Kier alpha value is -2.89. The van der Waals surface area contributed by atoms with Gasteiger partial charge in [0.15, 0.2) is 6.10 Å². The van der Waals surface area contributed by atoms with Crippen LogP contribution in [0.2, 0.25) is 0 Å². The molecule has 6 heteroatoms. The van der Waals surface area contributed by atoms with Crippen molar-refractivity contribution in [3.05, 3.63) is 60.8 Å². The van der Waals surface area contributed by atoms with Crippen LogP contribution in [0.5, 0.6) is 0 Å². The van der Waals surface area contributed by atoms with E-state index >= 15 is 0 Å². The number of unbranched alkanes of at least 4 members (excludes halogenated alkanes) is 44. The van der Waals surface area contributed by atoms with Gasteiger partial charge in [-0.15, -0.1) is 0 Å². The number of hydrogen-bond donors (Lipinski definition) is 0. The summed E-state index contributed by atoms with van der Waals surface area (Å²) in [6.07, 6.45) is 88.1. The molecule has 0 spiro atoms. The Kier molecular flexibility index (Phi) is 66.1. The molecule has 0 aromatic heterocycles. The molecular weight excluding hydrogens is 985 g/mol. The number of carbonyl (C=O) groups excluding carboxylic acids is 3. The van der Waals surface area contributed by atoms with E-state index < -0.39 is 6.10 Å². The zero-order chi connectivity index (χ0) is 57.8. The molecule has 0 aliphatic rings. The summed E-state index contributed by atoms with van der Waals surface area (Å²) in [5, 5.41) is 0. The van der Waals surface area contributed by atoms with Crippen molar-refractivity contribution in [1.82, 2.24) is 0 Å². The van der Waals surface area contributed by atoms with Crippen LogP contribution in [-0.2, 0) is 28.6 Å². The van der Waals surface area contributed by atoms with E-state index in [4.69, 9.17) is 14.2 Å². The molecule has 0 amide bonds. The molecule has 0 fully saturated rings. The molecule has 0 heterocycles. The molecule has 6 nitrogen and oxygen atoms in total. The number of ether oxygens (including phenoxy) is 3. The third-order valence-corrected chi connectivity index (χ3v) is 15.7. The fourth-order valence-corrected chi connectivity index (χ4v) is 10.4. The largest absolute Gasteiger partial charge is 0.462 e.